The van der Waals surface area contributed by atoms with Crippen LogP contribution in [0.25, 0.3) is 0 Å². The molecular weight excluding hydrogens is 292 g/mol. The summed E-state index contributed by atoms with van der Waals surface area (Å²) in [5, 5.41) is 6.05. The van der Waals surface area contributed by atoms with E-state index in [4.69, 9.17) is 9.47 Å². The van der Waals surface area contributed by atoms with Crippen LogP contribution in [-0.4, -0.2) is 38.3 Å². The van der Waals surface area contributed by atoms with Crippen molar-refractivity contribution in [3.05, 3.63) is 24.3 Å². The number of hydrogen-bond donors (Lipinski definition) is 2. The number of amides is 1. The number of benzene rings is 1. The lowest BCUT2D eigenvalue weighted by molar-refractivity contribution is -0.123. The van der Waals surface area contributed by atoms with Gasteiger partial charge in [0.25, 0.3) is 5.91 Å². The summed E-state index contributed by atoms with van der Waals surface area (Å²) in [6.07, 6.45) is 0. The zero-order valence-corrected chi connectivity index (χ0v) is 13.7. The first-order valence-electron chi connectivity index (χ1n) is 7.02. The van der Waals surface area contributed by atoms with E-state index in [1.54, 1.807) is 6.07 Å². The van der Waals surface area contributed by atoms with Gasteiger partial charge in [0.05, 0.1) is 6.61 Å². The maximum Gasteiger partial charge on any atom is 0.257 e. The molecule has 6 heteroatoms. The van der Waals surface area contributed by atoms with E-state index in [1.807, 2.05) is 39.0 Å². The molecule has 0 saturated heterocycles. The van der Waals surface area contributed by atoms with Crippen LogP contribution in [0.3, 0.4) is 0 Å². The molecule has 21 heavy (non-hydrogen) atoms. The lowest BCUT2D eigenvalue weighted by Gasteiger charge is -2.14. The van der Waals surface area contributed by atoms with Gasteiger partial charge in [-0.25, -0.2) is 0 Å². The monoisotopic (exact) mass is 316 g/mol. The topological polar surface area (TPSA) is 59.6 Å². The predicted molar refractivity (Wildman–Crippen MR) is 86.5 cm³/mol. The highest BCUT2D eigenvalue weighted by Crippen LogP contribution is 2.26. The average molecular weight is 317 g/mol. The van der Waals surface area contributed by atoms with E-state index in [1.165, 1.54) is 0 Å². The molecular formula is C15H25ClN2O3. The third-order valence-electron chi connectivity index (χ3n) is 2.67. The van der Waals surface area contributed by atoms with Gasteiger partial charge in [-0.2, -0.15) is 0 Å². The molecule has 0 spiro atoms. The number of rotatable bonds is 9. The van der Waals surface area contributed by atoms with Crippen LogP contribution in [0.2, 0.25) is 0 Å². The molecule has 120 valence electrons. The van der Waals surface area contributed by atoms with Crippen LogP contribution < -0.4 is 20.1 Å². The van der Waals surface area contributed by atoms with E-state index in [9.17, 15) is 4.79 Å². The average Bonchev–Trinajstić information content (AvgIpc) is 2.45. The van der Waals surface area contributed by atoms with Crippen LogP contribution in [0, 0.1) is 0 Å². The van der Waals surface area contributed by atoms with E-state index in [0.717, 1.165) is 6.54 Å². The summed E-state index contributed by atoms with van der Waals surface area (Å²) in [6, 6.07) is 7.59. The molecule has 0 unspecified atom stereocenters. The van der Waals surface area contributed by atoms with Crippen molar-refractivity contribution < 1.29 is 14.3 Å². The van der Waals surface area contributed by atoms with Crippen LogP contribution in [0.5, 0.6) is 11.5 Å². The minimum absolute atomic E-state index is 0. The van der Waals surface area contributed by atoms with Gasteiger partial charge >= 0.3 is 0 Å². The van der Waals surface area contributed by atoms with E-state index in [0.29, 0.717) is 24.7 Å². The minimum Gasteiger partial charge on any atom is -0.490 e. The quantitative estimate of drug-likeness (QED) is 0.731. The summed E-state index contributed by atoms with van der Waals surface area (Å²) in [5.74, 6) is 1.11. The Labute approximate surface area is 132 Å². The fraction of sp³-hybridized carbons (Fsp3) is 0.533. The van der Waals surface area contributed by atoms with Crippen molar-refractivity contribution >= 4 is 18.3 Å². The van der Waals surface area contributed by atoms with Crippen LogP contribution in [-0.2, 0) is 4.79 Å². The lowest BCUT2D eigenvalue weighted by Crippen LogP contribution is -2.40. The molecule has 0 saturated carbocycles. The molecule has 0 heterocycles. The van der Waals surface area contributed by atoms with Gasteiger partial charge in [0.15, 0.2) is 18.1 Å². The fourth-order valence-electron chi connectivity index (χ4n) is 1.73. The van der Waals surface area contributed by atoms with Gasteiger partial charge in [-0.1, -0.05) is 19.1 Å². The maximum atomic E-state index is 11.7. The second-order valence-corrected chi connectivity index (χ2v) is 4.43. The molecule has 0 aliphatic rings. The van der Waals surface area contributed by atoms with Crippen molar-refractivity contribution in [1.29, 1.82) is 0 Å². The van der Waals surface area contributed by atoms with E-state index >= 15 is 0 Å². The van der Waals surface area contributed by atoms with Gasteiger partial charge in [-0.15, -0.1) is 12.4 Å². The van der Waals surface area contributed by atoms with Gasteiger partial charge in [0.2, 0.25) is 0 Å². The molecule has 0 aliphatic carbocycles. The SMILES string of the molecule is CCN[C@H](C)CNC(=O)COc1ccccc1OCC.Cl. The number of hydrogen-bond acceptors (Lipinski definition) is 4. The third-order valence-corrected chi connectivity index (χ3v) is 2.67. The predicted octanol–water partition coefficient (Wildman–Crippen LogP) is 2.00. The van der Waals surface area contributed by atoms with Crippen molar-refractivity contribution in [3.63, 3.8) is 0 Å². The Morgan fingerprint density at radius 3 is 2.38 bits per heavy atom. The Bertz CT molecular complexity index is 416. The lowest BCUT2D eigenvalue weighted by atomic mass is 10.3. The Hall–Kier alpha value is -1.46. The van der Waals surface area contributed by atoms with Crippen LogP contribution in [0.1, 0.15) is 20.8 Å². The maximum absolute atomic E-state index is 11.7. The second-order valence-electron chi connectivity index (χ2n) is 4.43. The molecule has 0 radical (unpaired) electrons. The first-order chi connectivity index (χ1) is 9.67. The summed E-state index contributed by atoms with van der Waals surface area (Å²) >= 11 is 0. The van der Waals surface area contributed by atoms with Crippen molar-refractivity contribution in [2.75, 3.05) is 26.3 Å². The van der Waals surface area contributed by atoms with E-state index in [-0.39, 0.29) is 31.0 Å². The summed E-state index contributed by atoms with van der Waals surface area (Å²) in [4.78, 5) is 11.7. The first-order valence-corrected chi connectivity index (χ1v) is 7.02. The zero-order valence-electron chi connectivity index (χ0n) is 12.8. The molecule has 1 aromatic rings. The molecule has 0 aromatic heterocycles. The highest BCUT2D eigenvalue weighted by molar-refractivity contribution is 5.85. The normalized spacial score (nSPS) is 11.2. The molecule has 0 bridgehead atoms. The van der Waals surface area contributed by atoms with Crippen molar-refractivity contribution in [2.45, 2.75) is 26.8 Å². The number of halogens is 1. The minimum atomic E-state index is -0.138. The Morgan fingerprint density at radius 1 is 1.19 bits per heavy atom. The van der Waals surface area contributed by atoms with E-state index < -0.39 is 0 Å². The smallest absolute Gasteiger partial charge is 0.257 e. The van der Waals surface area contributed by atoms with Crippen molar-refractivity contribution in [1.82, 2.24) is 10.6 Å². The van der Waals surface area contributed by atoms with Gasteiger partial charge in [0, 0.05) is 12.6 Å². The van der Waals surface area contributed by atoms with Gasteiger partial charge in [0.1, 0.15) is 0 Å². The molecule has 1 aromatic carbocycles. The Morgan fingerprint density at radius 2 is 1.81 bits per heavy atom. The summed E-state index contributed by atoms with van der Waals surface area (Å²) in [6.45, 7) is 7.99. The summed E-state index contributed by atoms with van der Waals surface area (Å²) in [7, 11) is 0. The van der Waals surface area contributed by atoms with Crippen LogP contribution in [0.4, 0.5) is 0 Å². The van der Waals surface area contributed by atoms with Crippen molar-refractivity contribution in [3.8, 4) is 11.5 Å². The number of carbonyl (C=O) groups excluding carboxylic acids is 1. The summed E-state index contributed by atoms with van der Waals surface area (Å²) in [5.41, 5.74) is 0. The molecule has 0 aliphatic heterocycles. The zero-order chi connectivity index (χ0) is 14.8. The molecule has 1 rings (SSSR count). The van der Waals surface area contributed by atoms with Gasteiger partial charge in [-0.3, -0.25) is 4.79 Å². The summed E-state index contributed by atoms with van der Waals surface area (Å²) < 4.78 is 10.9. The standard InChI is InChI=1S/C15H24N2O3.ClH/c1-4-16-12(3)10-17-15(18)11-20-14-9-7-6-8-13(14)19-5-2;/h6-9,12,16H,4-5,10-11H2,1-3H3,(H,17,18);1H/t12-;/m1./s1. The molecule has 5 nitrogen and oxygen atoms in total. The molecule has 0 fully saturated rings. The largest absolute Gasteiger partial charge is 0.490 e. The first kappa shape index (κ1) is 19.5. The highest BCUT2D eigenvalue weighted by atomic mass is 35.5. The van der Waals surface area contributed by atoms with Crippen LogP contribution in [0.15, 0.2) is 24.3 Å². The molecule has 1 atom stereocenters. The van der Waals surface area contributed by atoms with Gasteiger partial charge < -0.3 is 20.1 Å². The third kappa shape index (κ3) is 7.78. The van der Waals surface area contributed by atoms with Crippen molar-refractivity contribution in [2.24, 2.45) is 0 Å². The Kier molecular flexibility index (Phi) is 10.4. The highest BCUT2D eigenvalue weighted by Gasteiger charge is 2.08. The van der Waals surface area contributed by atoms with Crippen LogP contribution >= 0.6 is 12.4 Å². The second kappa shape index (κ2) is 11.2. The fourth-order valence-corrected chi connectivity index (χ4v) is 1.73. The molecule has 2 N–H and O–H groups in total. The number of carbonyl (C=O) groups is 1. The van der Waals surface area contributed by atoms with E-state index in [2.05, 4.69) is 10.6 Å². The van der Waals surface area contributed by atoms with Gasteiger partial charge in [-0.05, 0) is 32.5 Å². The number of para-hydroxylation sites is 2. The Balaban J connectivity index is 0.00000400. The number of likely N-dealkylation sites (N-methyl/N-ethyl adjacent to an activating group) is 1. The number of nitrogens with one attached hydrogen (secondary N) is 2. The molecule has 1 amide bonds. The number of ether oxygens (including phenoxy) is 2.